The van der Waals surface area contributed by atoms with E-state index in [0.29, 0.717) is 11.8 Å². The maximum absolute atomic E-state index is 10.5. The van der Waals surface area contributed by atoms with Crippen LogP contribution < -0.4 is 0 Å². The van der Waals surface area contributed by atoms with Gasteiger partial charge in [0.05, 0.1) is 6.10 Å². The van der Waals surface area contributed by atoms with Gasteiger partial charge in [-0.1, -0.05) is 51.7 Å². The molecule has 0 aromatic rings. The van der Waals surface area contributed by atoms with Gasteiger partial charge in [-0.2, -0.15) is 0 Å². The van der Waals surface area contributed by atoms with E-state index in [9.17, 15) is 5.11 Å². The average Bonchev–Trinajstić information content (AvgIpc) is 2.44. The zero-order chi connectivity index (χ0) is 14.7. The first-order chi connectivity index (χ1) is 9.54. The minimum absolute atomic E-state index is 0.0929. The summed E-state index contributed by atoms with van der Waals surface area (Å²) >= 11 is 0. The second-order valence-corrected chi connectivity index (χ2v) is 7.58. The van der Waals surface area contributed by atoms with Crippen LogP contribution in [0, 0.1) is 29.6 Å². The summed E-state index contributed by atoms with van der Waals surface area (Å²) < 4.78 is 0. The average molecular weight is 278 g/mol. The predicted molar refractivity (Wildman–Crippen MR) is 86.6 cm³/mol. The molecular formula is C19H34O. The third kappa shape index (κ3) is 3.47. The van der Waals surface area contributed by atoms with Gasteiger partial charge in [0.1, 0.15) is 0 Å². The van der Waals surface area contributed by atoms with Crippen LogP contribution in [0.4, 0.5) is 0 Å². The molecule has 2 aliphatic carbocycles. The lowest BCUT2D eigenvalue weighted by molar-refractivity contribution is 0.0120. The lowest BCUT2D eigenvalue weighted by atomic mass is 9.59. The maximum atomic E-state index is 10.5. The standard InChI is InChI=1S/C19H34O/c1-5-6-7-19(20)15(4)17-11-9-14(3)16-10-8-13(2)12-18(16)17/h12,14-20H,5-11H2,1-4H3/t14-,15-,16+,17+,18+,19?/m1/s1. The number of fused-ring (bicyclic) bond motifs is 1. The van der Waals surface area contributed by atoms with E-state index in [-0.39, 0.29) is 6.10 Å². The molecule has 0 saturated heterocycles. The Morgan fingerprint density at radius 3 is 2.75 bits per heavy atom. The van der Waals surface area contributed by atoms with Gasteiger partial charge >= 0.3 is 0 Å². The van der Waals surface area contributed by atoms with Gasteiger partial charge in [0, 0.05) is 0 Å². The molecule has 0 radical (unpaired) electrons. The Morgan fingerprint density at radius 1 is 1.30 bits per heavy atom. The molecule has 0 aromatic heterocycles. The van der Waals surface area contributed by atoms with E-state index in [0.717, 1.165) is 30.6 Å². The summed E-state index contributed by atoms with van der Waals surface area (Å²) in [6.07, 6.45) is 11.2. The molecule has 1 fully saturated rings. The molecular weight excluding hydrogens is 244 g/mol. The summed E-state index contributed by atoms with van der Waals surface area (Å²) in [5.74, 6) is 3.65. The number of allylic oxidation sites excluding steroid dienone is 2. The molecule has 0 spiro atoms. The van der Waals surface area contributed by atoms with Crippen molar-refractivity contribution in [3.63, 3.8) is 0 Å². The molecule has 0 heterocycles. The number of rotatable bonds is 5. The molecule has 2 aliphatic rings. The topological polar surface area (TPSA) is 20.2 Å². The van der Waals surface area contributed by atoms with Gasteiger partial charge in [0.15, 0.2) is 0 Å². The van der Waals surface area contributed by atoms with Crippen molar-refractivity contribution in [2.75, 3.05) is 0 Å². The maximum Gasteiger partial charge on any atom is 0.0568 e. The summed E-state index contributed by atoms with van der Waals surface area (Å²) in [7, 11) is 0. The van der Waals surface area contributed by atoms with E-state index >= 15 is 0 Å². The lowest BCUT2D eigenvalue weighted by Gasteiger charge is -2.46. The van der Waals surface area contributed by atoms with Crippen molar-refractivity contribution >= 4 is 0 Å². The summed E-state index contributed by atoms with van der Waals surface area (Å²) in [4.78, 5) is 0. The Morgan fingerprint density at radius 2 is 2.05 bits per heavy atom. The Labute approximate surface area is 125 Å². The van der Waals surface area contributed by atoms with Gasteiger partial charge in [-0.15, -0.1) is 0 Å². The van der Waals surface area contributed by atoms with Crippen LogP contribution in [-0.2, 0) is 0 Å². The van der Waals surface area contributed by atoms with E-state index in [1.807, 2.05) is 0 Å². The Bertz CT molecular complexity index is 333. The van der Waals surface area contributed by atoms with Crippen molar-refractivity contribution < 1.29 is 5.11 Å². The fourth-order valence-electron chi connectivity index (χ4n) is 4.66. The Kier molecular flexibility index (Phi) is 5.72. The summed E-state index contributed by atoms with van der Waals surface area (Å²) in [6, 6.07) is 0. The number of unbranched alkanes of at least 4 members (excludes halogenated alkanes) is 1. The SMILES string of the molecule is CCCCC(O)[C@H](C)[C@@H]1CC[C@@H](C)[C@@H]2CCC(C)=C[C@@H]21. The number of hydrogen-bond acceptors (Lipinski definition) is 1. The lowest BCUT2D eigenvalue weighted by Crippen LogP contribution is -2.40. The fourth-order valence-corrected chi connectivity index (χ4v) is 4.66. The van der Waals surface area contributed by atoms with Crippen molar-refractivity contribution in [2.45, 2.75) is 78.7 Å². The van der Waals surface area contributed by atoms with E-state index in [2.05, 4.69) is 33.8 Å². The highest BCUT2D eigenvalue weighted by molar-refractivity contribution is 5.11. The molecule has 1 saturated carbocycles. The third-order valence-electron chi connectivity index (χ3n) is 6.16. The fraction of sp³-hybridized carbons (Fsp3) is 0.895. The smallest absolute Gasteiger partial charge is 0.0568 e. The van der Waals surface area contributed by atoms with E-state index in [1.54, 1.807) is 5.57 Å². The molecule has 1 heteroatoms. The van der Waals surface area contributed by atoms with Crippen LogP contribution in [0.1, 0.15) is 72.6 Å². The van der Waals surface area contributed by atoms with Crippen molar-refractivity contribution in [3.05, 3.63) is 11.6 Å². The quantitative estimate of drug-likeness (QED) is 0.686. The van der Waals surface area contributed by atoms with Crippen LogP contribution in [0.15, 0.2) is 11.6 Å². The van der Waals surface area contributed by atoms with Crippen molar-refractivity contribution in [1.29, 1.82) is 0 Å². The highest BCUT2D eigenvalue weighted by atomic mass is 16.3. The largest absolute Gasteiger partial charge is 0.393 e. The molecule has 2 rings (SSSR count). The van der Waals surface area contributed by atoms with E-state index < -0.39 is 0 Å². The first-order valence-electron chi connectivity index (χ1n) is 8.90. The molecule has 116 valence electrons. The normalized spacial score (nSPS) is 37.0. The van der Waals surface area contributed by atoms with Crippen molar-refractivity contribution in [1.82, 2.24) is 0 Å². The second-order valence-electron chi connectivity index (χ2n) is 7.58. The van der Waals surface area contributed by atoms with Crippen LogP contribution in [0.5, 0.6) is 0 Å². The van der Waals surface area contributed by atoms with Gasteiger partial charge < -0.3 is 5.11 Å². The third-order valence-corrected chi connectivity index (χ3v) is 6.16. The number of aliphatic hydroxyl groups excluding tert-OH is 1. The van der Waals surface area contributed by atoms with Crippen molar-refractivity contribution in [3.8, 4) is 0 Å². The molecule has 20 heavy (non-hydrogen) atoms. The van der Waals surface area contributed by atoms with Gasteiger partial charge in [-0.05, 0) is 62.2 Å². The van der Waals surface area contributed by atoms with Gasteiger partial charge in [-0.3, -0.25) is 0 Å². The molecule has 0 amide bonds. The van der Waals surface area contributed by atoms with Crippen LogP contribution >= 0.6 is 0 Å². The molecule has 0 aliphatic heterocycles. The van der Waals surface area contributed by atoms with E-state index in [4.69, 9.17) is 0 Å². The summed E-state index contributed by atoms with van der Waals surface area (Å²) in [5.41, 5.74) is 1.58. The first-order valence-corrected chi connectivity index (χ1v) is 8.90. The highest BCUT2D eigenvalue weighted by Gasteiger charge is 2.41. The molecule has 1 nitrogen and oxygen atoms in total. The van der Waals surface area contributed by atoms with Gasteiger partial charge in [0.2, 0.25) is 0 Å². The summed E-state index contributed by atoms with van der Waals surface area (Å²) in [5, 5.41) is 10.5. The Balaban J connectivity index is 2.07. The van der Waals surface area contributed by atoms with Gasteiger partial charge in [0.25, 0.3) is 0 Å². The zero-order valence-corrected chi connectivity index (χ0v) is 13.9. The van der Waals surface area contributed by atoms with Crippen LogP contribution in [0.25, 0.3) is 0 Å². The molecule has 6 atom stereocenters. The molecule has 0 bridgehead atoms. The predicted octanol–water partition coefficient (Wildman–Crippen LogP) is 5.19. The van der Waals surface area contributed by atoms with E-state index in [1.165, 1.54) is 32.1 Å². The highest BCUT2D eigenvalue weighted by Crippen LogP contribution is 2.48. The Hall–Kier alpha value is -0.300. The monoisotopic (exact) mass is 278 g/mol. The zero-order valence-electron chi connectivity index (χ0n) is 13.9. The van der Waals surface area contributed by atoms with Crippen LogP contribution in [0.3, 0.4) is 0 Å². The molecule has 0 aromatic carbocycles. The molecule has 1 N–H and O–H groups in total. The first kappa shape index (κ1) is 16.1. The number of hydrogen-bond donors (Lipinski definition) is 1. The number of aliphatic hydroxyl groups is 1. The minimum atomic E-state index is -0.0929. The molecule has 1 unspecified atom stereocenters. The van der Waals surface area contributed by atoms with Crippen molar-refractivity contribution in [2.24, 2.45) is 29.6 Å². The van der Waals surface area contributed by atoms with Crippen LogP contribution in [-0.4, -0.2) is 11.2 Å². The van der Waals surface area contributed by atoms with Crippen LogP contribution in [0.2, 0.25) is 0 Å². The summed E-state index contributed by atoms with van der Waals surface area (Å²) in [6.45, 7) is 9.25. The second kappa shape index (κ2) is 7.11. The minimum Gasteiger partial charge on any atom is -0.393 e. The van der Waals surface area contributed by atoms with Gasteiger partial charge in [-0.25, -0.2) is 0 Å².